The molecule has 0 aliphatic carbocycles. The Hall–Kier alpha value is -1.84. The summed E-state index contributed by atoms with van der Waals surface area (Å²) in [4.78, 5) is 7.46. The van der Waals surface area contributed by atoms with Gasteiger partial charge in [-0.1, -0.05) is 23.7 Å². The molecule has 3 rings (SSSR count). The van der Waals surface area contributed by atoms with E-state index in [2.05, 4.69) is 21.4 Å². The first kappa shape index (κ1) is 12.2. The van der Waals surface area contributed by atoms with Crippen molar-refractivity contribution in [3.63, 3.8) is 0 Å². The van der Waals surface area contributed by atoms with Gasteiger partial charge in [-0.05, 0) is 35.4 Å². The van der Waals surface area contributed by atoms with E-state index in [0.717, 1.165) is 23.8 Å². The van der Waals surface area contributed by atoms with Crippen LogP contribution in [0.2, 0.25) is 5.02 Å². The van der Waals surface area contributed by atoms with E-state index in [-0.39, 0.29) is 0 Å². The molecular weight excluding hydrogens is 258 g/mol. The highest BCUT2D eigenvalue weighted by molar-refractivity contribution is 6.30. The molecule has 3 nitrogen and oxygen atoms in total. The Morgan fingerprint density at radius 1 is 1.11 bits per heavy atom. The Balaban J connectivity index is 1.65. The fourth-order valence-corrected chi connectivity index (χ4v) is 2.23. The summed E-state index contributed by atoms with van der Waals surface area (Å²) in [6.45, 7) is 1.64. The van der Waals surface area contributed by atoms with Crippen LogP contribution in [0.5, 0.6) is 0 Å². The summed E-state index contributed by atoms with van der Waals surface area (Å²) in [6, 6.07) is 11.9. The summed E-state index contributed by atoms with van der Waals surface area (Å²) in [5.41, 5.74) is 3.39. The van der Waals surface area contributed by atoms with Gasteiger partial charge < -0.3 is 10.3 Å². The maximum Gasteiger partial charge on any atom is 0.137 e. The highest BCUT2D eigenvalue weighted by atomic mass is 35.5. The van der Waals surface area contributed by atoms with Crippen LogP contribution in [-0.2, 0) is 13.1 Å². The van der Waals surface area contributed by atoms with Crippen LogP contribution in [-0.4, -0.2) is 9.97 Å². The van der Waals surface area contributed by atoms with Crippen molar-refractivity contribution in [1.82, 2.24) is 15.3 Å². The number of aromatic nitrogens is 2. The smallest absolute Gasteiger partial charge is 0.137 e. The minimum absolute atomic E-state index is 0.770. The summed E-state index contributed by atoms with van der Waals surface area (Å²) in [7, 11) is 0. The zero-order valence-electron chi connectivity index (χ0n) is 10.4. The molecule has 0 amide bonds. The average Bonchev–Trinajstić information content (AvgIpc) is 2.85. The fourth-order valence-electron chi connectivity index (χ4n) is 2.10. The van der Waals surface area contributed by atoms with Gasteiger partial charge in [-0.15, -0.1) is 0 Å². The summed E-state index contributed by atoms with van der Waals surface area (Å²) in [5, 5.41) is 5.37. The van der Waals surface area contributed by atoms with Crippen molar-refractivity contribution in [2.45, 2.75) is 13.1 Å². The molecule has 2 aromatic heterocycles. The lowest BCUT2D eigenvalue weighted by molar-refractivity contribution is 0.696. The Kier molecular flexibility index (Phi) is 3.49. The lowest BCUT2D eigenvalue weighted by Crippen LogP contribution is -2.12. The van der Waals surface area contributed by atoms with Crippen molar-refractivity contribution in [2.24, 2.45) is 0 Å². The monoisotopic (exact) mass is 271 g/mol. The first-order valence-corrected chi connectivity index (χ1v) is 6.57. The standard InChI is InChI=1S/C15H14ClN3/c16-13-5-3-11(4-6-13)8-17-9-12-10-19-15-14(12)2-1-7-18-15/h1-7,10,17H,8-9H2,(H,18,19). The van der Waals surface area contributed by atoms with Crippen molar-refractivity contribution in [3.8, 4) is 0 Å². The topological polar surface area (TPSA) is 40.7 Å². The van der Waals surface area contributed by atoms with Gasteiger partial charge in [-0.25, -0.2) is 4.98 Å². The van der Waals surface area contributed by atoms with Gasteiger partial charge >= 0.3 is 0 Å². The van der Waals surface area contributed by atoms with Crippen LogP contribution >= 0.6 is 11.6 Å². The molecule has 0 atom stereocenters. The third-order valence-electron chi connectivity index (χ3n) is 3.09. The summed E-state index contributed by atoms with van der Waals surface area (Å²) in [6.07, 6.45) is 3.80. The van der Waals surface area contributed by atoms with Crippen LogP contribution in [0.15, 0.2) is 48.8 Å². The third kappa shape index (κ3) is 2.78. The highest BCUT2D eigenvalue weighted by Crippen LogP contribution is 2.15. The quantitative estimate of drug-likeness (QED) is 0.762. The van der Waals surface area contributed by atoms with Crippen molar-refractivity contribution >= 4 is 22.6 Å². The van der Waals surface area contributed by atoms with E-state index < -0.39 is 0 Å². The highest BCUT2D eigenvalue weighted by Gasteiger charge is 2.03. The van der Waals surface area contributed by atoms with Gasteiger partial charge in [0.15, 0.2) is 0 Å². The van der Waals surface area contributed by atoms with Crippen molar-refractivity contribution < 1.29 is 0 Å². The van der Waals surface area contributed by atoms with E-state index in [1.54, 1.807) is 6.20 Å². The number of benzene rings is 1. The molecule has 0 saturated carbocycles. The van der Waals surface area contributed by atoms with Gasteiger partial charge in [0.2, 0.25) is 0 Å². The third-order valence-corrected chi connectivity index (χ3v) is 3.35. The lowest BCUT2D eigenvalue weighted by atomic mass is 10.2. The summed E-state index contributed by atoms with van der Waals surface area (Å²) >= 11 is 5.86. The molecule has 19 heavy (non-hydrogen) atoms. The maximum atomic E-state index is 5.86. The van der Waals surface area contributed by atoms with Crippen molar-refractivity contribution in [1.29, 1.82) is 0 Å². The Morgan fingerprint density at radius 3 is 2.79 bits per heavy atom. The van der Waals surface area contributed by atoms with Crippen LogP contribution in [0.1, 0.15) is 11.1 Å². The Morgan fingerprint density at radius 2 is 1.95 bits per heavy atom. The summed E-state index contributed by atoms with van der Waals surface area (Å²) in [5.74, 6) is 0. The predicted octanol–water partition coefficient (Wildman–Crippen LogP) is 3.51. The molecule has 0 spiro atoms. The molecule has 96 valence electrons. The second-order valence-corrected chi connectivity index (χ2v) is 4.88. The van der Waals surface area contributed by atoms with Gasteiger partial charge in [0.25, 0.3) is 0 Å². The van der Waals surface area contributed by atoms with E-state index >= 15 is 0 Å². The van der Waals surface area contributed by atoms with Crippen LogP contribution in [0.3, 0.4) is 0 Å². The number of nitrogens with zero attached hydrogens (tertiary/aromatic N) is 1. The average molecular weight is 272 g/mol. The van der Waals surface area contributed by atoms with Gasteiger partial charge in [0, 0.05) is 35.9 Å². The van der Waals surface area contributed by atoms with Crippen LogP contribution in [0, 0.1) is 0 Å². The van der Waals surface area contributed by atoms with Crippen LogP contribution < -0.4 is 5.32 Å². The molecule has 0 aliphatic rings. The predicted molar refractivity (Wildman–Crippen MR) is 78.1 cm³/mol. The van der Waals surface area contributed by atoms with Gasteiger partial charge in [-0.2, -0.15) is 0 Å². The Bertz CT molecular complexity index is 673. The zero-order valence-corrected chi connectivity index (χ0v) is 11.1. The number of pyridine rings is 1. The van der Waals surface area contributed by atoms with E-state index in [9.17, 15) is 0 Å². The molecule has 4 heteroatoms. The second kappa shape index (κ2) is 5.43. The van der Waals surface area contributed by atoms with Crippen molar-refractivity contribution in [2.75, 3.05) is 0 Å². The SMILES string of the molecule is Clc1ccc(CNCc2c[nH]c3ncccc23)cc1. The van der Waals surface area contributed by atoms with Gasteiger partial charge in [0.05, 0.1) is 0 Å². The van der Waals surface area contributed by atoms with Crippen LogP contribution in [0.4, 0.5) is 0 Å². The maximum absolute atomic E-state index is 5.86. The molecule has 2 N–H and O–H groups in total. The number of rotatable bonds is 4. The fraction of sp³-hybridized carbons (Fsp3) is 0.133. The molecule has 0 fully saturated rings. The number of aromatic amines is 1. The normalized spacial score (nSPS) is 11.0. The largest absolute Gasteiger partial charge is 0.346 e. The molecule has 0 unspecified atom stereocenters. The Labute approximate surface area is 116 Å². The second-order valence-electron chi connectivity index (χ2n) is 4.44. The van der Waals surface area contributed by atoms with E-state index in [1.165, 1.54) is 16.5 Å². The molecule has 1 aromatic carbocycles. The zero-order chi connectivity index (χ0) is 13.1. The van der Waals surface area contributed by atoms with E-state index in [0.29, 0.717) is 0 Å². The minimum atomic E-state index is 0.770. The molecule has 0 saturated heterocycles. The number of fused-ring (bicyclic) bond motifs is 1. The molecule has 0 radical (unpaired) electrons. The molecule has 0 bridgehead atoms. The number of nitrogens with one attached hydrogen (secondary N) is 2. The van der Waals surface area contributed by atoms with E-state index in [1.807, 2.05) is 36.5 Å². The van der Waals surface area contributed by atoms with E-state index in [4.69, 9.17) is 11.6 Å². The molecular formula is C15H14ClN3. The van der Waals surface area contributed by atoms with Crippen molar-refractivity contribution in [3.05, 3.63) is 64.9 Å². The van der Waals surface area contributed by atoms with Gasteiger partial charge in [-0.3, -0.25) is 0 Å². The minimum Gasteiger partial charge on any atom is -0.346 e. The first-order valence-electron chi connectivity index (χ1n) is 6.19. The summed E-state index contributed by atoms with van der Waals surface area (Å²) < 4.78 is 0. The number of halogens is 1. The number of hydrogen-bond donors (Lipinski definition) is 2. The molecule has 2 heterocycles. The van der Waals surface area contributed by atoms with Crippen LogP contribution in [0.25, 0.3) is 11.0 Å². The first-order chi connectivity index (χ1) is 9.33. The lowest BCUT2D eigenvalue weighted by Gasteiger charge is -2.04. The molecule has 0 aliphatic heterocycles. The number of H-pyrrole nitrogens is 1. The number of hydrogen-bond acceptors (Lipinski definition) is 2. The van der Waals surface area contributed by atoms with Gasteiger partial charge in [0.1, 0.15) is 5.65 Å². The molecule has 3 aromatic rings.